The van der Waals surface area contributed by atoms with E-state index < -0.39 is 16.5 Å². The molecule has 0 saturated carbocycles. The van der Waals surface area contributed by atoms with E-state index in [-0.39, 0.29) is 26.2 Å². The predicted molar refractivity (Wildman–Crippen MR) is 146 cm³/mol. The summed E-state index contributed by atoms with van der Waals surface area (Å²) in [4.78, 5) is 0. The third-order valence-corrected chi connectivity index (χ3v) is 7.65. The largest absolute Gasteiger partial charge is 0.397 e. The van der Waals surface area contributed by atoms with Crippen LogP contribution in [0.1, 0.15) is 122 Å². The van der Waals surface area contributed by atoms with Crippen molar-refractivity contribution in [1.29, 1.82) is 0 Å². The van der Waals surface area contributed by atoms with E-state index in [1.807, 2.05) is 0 Å². The van der Waals surface area contributed by atoms with Crippen molar-refractivity contribution in [3.63, 3.8) is 0 Å². The van der Waals surface area contributed by atoms with Gasteiger partial charge in [-0.25, -0.2) is 4.18 Å². The lowest BCUT2D eigenvalue weighted by Crippen LogP contribution is -2.52. The van der Waals surface area contributed by atoms with Gasteiger partial charge in [0.15, 0.2) is 0 Å². The molecule has 0 spiro atoms. The van der Waals surface area contributed by atoms with Crippen molar-refractivity contribution in [1.82, 2.24) is 0 Å². The van der Waals surface area contributed by atoms with Crippen molar-refractivity contribution in [3.8, 4) is 0 Å². The Morgan fingerprint density at radius 3 is 1.47 bits per heavy atom. The summed E-state index contributed by atoms with van der Waals surface area (Å²) in [6, 6.07) is 0. The molecule has 0 heterocycles. The first-order valence-electron chi connectivity index (χ1n) is 14.7. The van der Waals surface area contributed by atoms with E-state index in [0.29, 0.717) is 25.8 Å². The van der Waals surface area contributed by atoms with Gasteiger partial charge in [-0.05, 0) is 19.3 Å². The van der Waals surface area contributed by atoms with Gasteiger partial charge in [-0.2, -0.15) is 8.42 Å². The normalized spacial score (nSPS) is 13.4. The molecule has 0 aromatic heterocycles. The number of nitrogens with zero attached hydrogens (tertiary/aromatic N) is 1. The van der Waals surface area contributed by atoms with Crippen LogP contribution in [-0.2, 0) is 14.6 Å². The minimum absolute atomic E-state index is 0.114. The number of aliphatic hydroxyl groups is 3. The molecule has 0 aliphatic carbocycles. The number of aliphatic hydroxyl groups excluding tert-OH is 3. The molecule has 4 N–H and O–H groups in total. The van der Waals surface area contributed by atoms with Crippen LogP contribution in [-0.4, -0.2) is 84.9 Å². The van der Waals surface area contributed by atoms with Crippen LogP contribution in [0, 0.1) is 0 Å². The first-order valence-corrected chi connectivity index (χ1v) is 16.0. The van der Waals surface area contributed by atoms with Crippen LogP contribution in [0.2, 0.25) is 0 Å². The summed E-state index contributed by atoms with van der Waals surface area (Å²) in [6.07, 6.45) is 19.6. The van der Waals surface area contributed by atoms with E-state index in [0.717, 1.165) is 30.5 Å². The highest BCUT2D eigenvalue weighted by molar-refractivity contribution is 7.80. The van der Waals surface area contributed by atoms with Gasteiger partial charge in [0, 0.05) is 32.5 Å². The molecule has 218 valence electrons. The minimum Gasteiger partial charge on any atom is -0.396 e. The zero-order chi connectivity index (χ0) is 27.0. The Hall–Kier alpha value is -0.290. The Balaban J connectivity index is 4.26. The first kappa shape index (κ1) is 35.7. The number of hydrogen-bond acceptors (Lipinski definition) is 6. The molecular weight excluding hydrogens is 482 g/mol. The standard InChI is InChI=1S/C27H57NO7S/c1-2-3-4-5-6-7-8-9-10-11-12-13-14-15-20-28(21-16-24-29,22-17-25-30)23-18-27(31)19-26-35-36(32,33)34/h27,29-31H,2-26H2,1H3/p+1. The van der Waals surface area contributed by atoms with Crippen LogP contribution >= 0.6 is 0 Å². The molecule has 1 unspecified atom stereocenters. The fourth-order valence-electron chi connectivity index (χ4n) is 4.98. The number of rotatable bonds is 28. The molecule has 1 atom stereocenters. The molecule has 0 aliphatic rings. The highest BCUT2D eigenvalue weighted by Crippen LogP contribution is 2.18. The van der Waals surface area contributed by atoms with Gasteiger partial charge in [0.05, 0.1) is 38.9 Å². The van der Waals surface area contributed by atoms with Gasteiger partial charge in [0.2, 0.25) is 0 Å². The maximum Gasteiger partial charge on any atom is 0.397 e. The van der Waals surface area contributed by atoms with Crippen molar-refractivity contribution in [2.75, 3.05) is 46.0 Å². The minimum atomic E-state index is -4.49. The van der Waals surface area contributed by atoms with Crippen molar-refractivity contribution in [2.45, 2.75) is 129 Å². The average molecular weight is 541 g/mol. The van der Waals surface area contributed by atoms with Crippen LogP contribution in [0.4, 0.5) is 0 Å². The van der Waals surface area contributed by atoms with Crippen LogP contribution in [0.5, 0.6) is 0 Å². The summed E-state index contributed by atoms with van der Waals surface area (Å²) >= 11 is 0. The van der Waals surface area contributed by atoms with Gasteiger partial charge in [-0.3, -0.25) is 4.55 Å². The molecule has 8 nitrogen and oxygen atoms in total. The summed E-state index contributed by atoms with van der Waals surface area (Å²) in [7, 11) is -4.49. The van der Waals surface area contributed by atoms with Gasteiger partial charge in [0.1, 0.15) is 0 Å². The molecule has 0 amide bonds. The van der Waals surface area contributed by atoms with Crippen LogP contribution in [0.15, 0.2) is 0 Å². The molecule has 0 aliphatic heterocycles. The van der Waals surface area contributed by atoms with Crippen molar-refractivity contribution >= 4 is 10.4 Å². The predicted octanol–water partition coefficient (Wildman–Crippen LogP) is 5.01. The number of quaternary nitrogens is 1. The Morgan fingerprint density at radius 1 is 0.639 bits per heavy atom. The van der Waals surface area contributed by atoms with Crippen molar-refractivity contribution < 1.29 is 37.0 Å². The van der Waals surface area contributed by atoms with E-state index in [1.165, 1.54) is 83.5 Å². The molecule has 0 fully saturated rings. The second kappa shape index (κ2) is 23.8. The summed E-state index contributed by atoms with van der Waals surface area (Å²) < 4.78 is 35.1. The molecule has 0 radical (unpaired) electrons. The van der Waals surface area contributed by atoms with E-state index in [1.54, 1.807) is 0 Å². The van der Waals surface area contributed by atoms with E-state index >= 15 is 0 Å². The Bertz CT molecular complexity index is 566. The second-order valence-corrected chi connectivity index (χ2v) is 11.6. The maximum atomic E-state index is 10.7. The fourth-order valence-corrected chi connectivity index (χ4v) is 5.29. The van der Waals surface area contributed by atoms with Crippen LogP contribution in [0.25, 0.3) is 0 Å². The Morgan fingerprint density at radius 2 is 1.06 bits per heavy atom. The molecule has 0 rings (SSSR count). The summed E-state index contributed by atoms with van der Waals surface area (Å²) in [5.41, 5.74) is 0. The smallest absolute Gasteiger partial charge is 0.396 e. The number of hydrogen-bond donors (Lipinski definition) is 4. The van der Waals surface area contributed by atoms with E-state index in [4.69, 9.17) is 4.55 Å². The van der Waals surface area contributed by atoms with Crippen LogP contribution < -0.4 is 0 Å². The average Bonchev–Trinajstić information content (AvgIpc) is 2.84. The Labute approximate surface area is 222 Å². The lowest BCUT2D eigenvalue weighted by Gasteiger charge is -2.39. The number of unbranched alkanes of at least 4 members (excludes halogenated alkanes) is 13. The second-order valence-electron chi connectivity index (χ2n) is 10.5. The third kappa shape index (κ3) is 22.9. The monoisotopic (exact) mass is 540 g/mol. The molecular formula is C27H58NO7S+. The molecule has 0 saturated heterocycles. The van der Waals surface area contributed by atoms with Gasteiger partial charge in [0.25, 0.3) is 0 Å². The highest BCUT2D eigenvalue weighted by atomic mass is 32.3. The van der Waals surface area contributed by atoms with Crippen molar-refractivity contribution in [3.05, 3.63) is 0 Å². The lowest BCUT2D eigenvalue weighted by atomic mass is 10.0. The van der Waals surface area contributed by atoms with Gasteiger partial charge < -0.3 is 19.8 Å². The maximum absolute atomic E-state index is 10.7. The topological polar surface area (TPSA) is 124 Å². The molecule has 0 aromatic rings. The summed E-state index contributed by atoms with van der Waals surface area (Å²) in [6.45, 7) is 5.47. The first-order chi connectivity index (χ1) is 17.3. The third-order valence-electron chi connectivity index (χ3n) is 7.19. The molecule has 36 heavy (non-hydrogen) atoms. The highest BCUT2D eigenvalue weighted by Gasteiger charge is 2.27. The zero-order valence-electron chi connectivity index (χ0n) is 23.1. The van der Waals surface area contributed by atoms with Gasteiger partial charge in [-0.15, -0.1) is 0 Å². The van der Waals surface area contributed by atoms with E-state index in [9.17, 15) is 23.7 Å². The summed E-state index contributed by atoms with van der Waals surface area (Å²) in [5, 5.41) is 29.1. The molecule has 0 aromatic carbocycles. The Kier molecular flexibility index (Phi) is 23.6. The van der Waals surface area contributed by atoms with Gasteiger partial charge in [-0.1, -0.05) is 84.0 Å². The molecule has 0 bridgehead atoms. The van der Waals surface area contributed by atoms with E-state index in [2.05, 4.69) is 11.1 Å². The quantitative estimate of drug-likeness (QED) is 0.0625. The summed E-state index contributed by atoms with van der Waals surface area (Å²) in [5.74, 6) is 0. The molecule has 9 heteroatoms. The SMILES string of the molecule is CCCCCCCCCCCCCCCC[N+](CCCO)(CCCO)CCC(O)CCOS(=O)(=O)O. The van der Waals surface area contributed by atoms with Crippen LogP contribution in [0.3, 0.4) is 0 Å². The van der Waals surface area contributed by atoms with Gasteiger partial charge >= 0.3 is 10.4 Å². The zero-order valence-corrected chi connectivity index (χ0v) is 23.9. The lowest BCUT2D eigenvalue weighted by molar-refractivity contribution is -0.929. The fraction of sp³-hybridized carbons (Fsp3) is 1.00. The van der Waals surface area contributed by atoms with Crippen molar-refractivity contribution in [2.24, 2.45) is 0 Å².